The minimum Gasteiger partial charge on any atom is -0.448 e. The zero-order valence-electron chi connectivity index (χ0n) is 5.93. The minimum absolute atomic E-state index is 0.187. The van der Waals surface area contributed by atoms with Gasteiger partial charge in [0, 0.05) is 5.92 Å². The van der Waals surface area contributed by atoms with E-state index in [1.807, 2.05) is 0 Å². The molecule has 54 valence electrons. The van der Waals surface area contributed by atoms with Gasteiger partial charge in [0.15, 0.2) is 12.4 Å². The summed E-state index contributed by atoms with van der Waals surface area (Å²) in [6.07, 6.45) is 0. The number of hydrogen-bond acceptors (Lipinski definition) is 3. The van der Waals surface area contributed by atoms with E-state index in [0.717, 1.165) is 0 Å². The molecule has 0 aromatic carbocycles. The first-order valence-corrected chi connectivity index (χ1v) is 2.75. The maximum absolute atomic E-state index is 10.4. The molecule has 0 aliphatic heterocycles. The number of carbonyl (C=O) groups excluding carboxylic acids is 2. The Morgan fingerprint density at radius 1 is 1.50 bits per heavy atom. The topological polar surface area (TPSA) is 43.4 Å². The Morgan fingerprint density at radius 3 is 2.50 bits per heavy atom. The van der Waals surface area contributed by atoms with Crippen molar-refractivity contribution >= 4 is 11.8 Å². The molecule has 0 radical (unpaired) electrons. The van der Waals surface area contributed by atoms with Crippen molar-refractivity contribution in [3.05, 3.63) is 0 Å². The lowest BCUT2D eigenvalue weighted by molar-refractivity contribution is -0.141. The van der Waals surface area contributed by atoms with Crippen LogP contribution in [0.5, 0.6) is 0 Å². The molecule has 0 N–H and O–H groups in total. The summed E-state index contributed by atoms with van der Waals surface area (Å²) < 4.78 is 4.38. The minimum atomic E-state index is -0.655. The van der Waals surface area contributed by atoms with Gasteiger partial charge in [-0.3, -0.25) is 4.79 Å². The van der Waals surface area contributed by atoms with Crippen LogP contribution in [-0.4, -0.2) is 18.4 Å². The van der Waals surface area contributed by atoms with E-state index >= 15 is 0 Å². The van der Waals surface area contributed by atoms with E-state index in [2.05, 4.69) is 16.6 Å². The number of carbonyl (C=O) groups is 2. The molecule has 10 heavy (non-hydrogen) atoms. The summed E-state index contributed by atoms with van der Waals surface area (Å²) >= 11 is 0. The van der Waals surface area contributed by atoms with E-state index in [1.54, 1.807) is 0 Å². The van der Waals surface area contributed by atoms with Crippen molar-refractivity contribution in [1.29, 1.82) is 0 Å². The normalized spacial score (nSPS) is 7.40. The molecule has 3 heteroatoms. The summed E-state index contributed by atoms with van der Waals surface area (Å²) in [5.41, 5.74) is 0. The van der Waals surface area contributed by atoms with Gasteiger partial charge in [0.1, 0.15) is 0 Å². The number of rotatable bonds is 2. The highest BCUT2D eigenvalue weighted by atomic mass is 16.5. The Labute approximate surface area is 59.4 Å². The Bertz CT molecular complexity index is 195. The van der Waals surface area contributed by atoms with E-state index < -0.39 is 5.97 Å². The third-order valence-corrected chi connectivity index (χ3v) is 0.634. The van der Waals surface area contributed by atoms with Gasteiger partial charge in [-0.25, -0.2) is 4.79 Å². The lowest BCUT2D eigenvalue weighted by Gasteiger charge is -1.93. The smallest absolute Gasteiger partial charge is 0.384 e. The van der Waals surface area contributed by atoms with Crippen LogP contribution in [0, 0.1) is 11.8 Å². The van der Waals surface area contributed by atoms with Crippen LogP contribution in [0.2, 0.25) is 0 Å². The molecule has 0 spiro atoms. The first kappa shape index (κ1) is 8.70. The van der Waals surface area contributed by atoms with Crippen LogP contribution in [0.4, 0.5) is 0 Å². The summed E-state index contributed by atoms with van der Waals surface area (Å²) in [5.74, 6) is 3.65. The van der Waals surface area contributed by atoms with Crippen molar-refractivity contribution in [2.75, 3.05) is 6.61 Å². The van der Waals surface area contributed by atoms with E-state index in [-0.39, 0.29) is 12.4 Å². The molecule has 0 aliphatic carbocycles. The Morgan fingerprint density at radius 2 is 2.10 bits per heavy atom. The molecule has 0 amide bonds. The van der Waals surface area contributed by atoms with Crippen LogP contribution in [0.3, 0.4) is 0 Å². The molecule has 0 aromatic rings. The first-order chi connectivity index (χ1) is 4.66. The molecular weight excluding hydrogens is 132 g/mol. The van der Waals surface area contributed by atoms with Crippen molar-refractivity contribution in [3.8, 4) is 11.8 Å². The molecule has 0 unspecified atom stereocenters. The van der Waals surface area contributed by atoms with Crippen LogP contribution < -0.4 is 0 Å². The summed E-state index contributed by atoms with van der Waals surface area (Å²) in [6.45, 7) is 2.68. The summed E-state index contributed by atoms with van der Waals surface area (Å²) in [4.78, 5) is 20.6. The largest absolute Gasteiger partial charge is 0.448 e. The SMILES string of the molecule is CC#CC(=O)OCC(C)=O. The number of ketones is 1. The second-order valence-electron chi connectivity index (χ2n) is 1.65. The van der Waals surface area contributed by atoms with Crippen molar-refractivity contribution in [3.63, 3.8) is 0 Å². The maximum Gasteiger partial charge on any atom is 0.384 e. The van der Waals surface area contributed by atoms with Gasteiger partial charge in [-0.2, -0.15) is 0 Å². The fraction of sp³-hybridized carbons (Fsp3) is 0.429. The van der Waals surface area contributed by atoms with Gasteiger partial charge in [-0.05, 0) is 13.8 Å². The number of hydrogen-bond donors (Lipinski definition) is 0. The third kappa shape index (κ3) is 4.85. The molecule has 0 saturated carbocycles. The average molecular weight is 140 g/mol. The van der Waals surface area contributed by atoms with Crippen molar-refractivity contribution in [2.24, 2.45) is 0 Å². The van der Waals surface area contributed by atoms with Gasteiger partial charge >= 0.3 is 5.97 Å². The Balaban J connectivity index is 3.57. The number of Topliss-reactive ketones (excluding diaryl/α,β-unsaturated/α-hetero) is 1. The molecule has 0 aromatic heterocycles. The lowest BCUT2D eigenvalue weighted by Crippen LogP contribution is -2.08. The lowest BCUT2D eigenvalue weighted by atomic mass is 10.5. The highest BCUT2D eigenvalue weighted by molar-refractivity contribution is 5.90. The van der Waals surface area contributed by atoms with Gasteiger partial charge in [-0.15, -0.1) is 0 Å². The van der Waals surface area contributed by atoms with E-state index in [9.17, 15) is 9.59 Å². The second-order valence-corrected chi connectivity index (χ2v) is 1.65. The number of ether oxygens (including phenoxy) is 1. The quantitative estimate of drug-likeness (QED) is 0.311. The van der Waals surface area contributed by atoms with Crippen molar-refractivity contribution in [2.45, 2.75) is 13.8 Å². The number of esters is 1. The third-order valence-electron chi connectivity index (χ3n) is 0.634. The highest BCUT2D eigenvalue weighted by Crippen LogP contribution is 1.76. The van der Waals surface area contributed by atoms with Crippen molar-refractivity contribution < 1.29 is 14.3 Å². The monoisotopic (exact) mass is 140 g/mol. The van der Waals surface area contributed by atoms with Crippen LogP contribution >= 0.6 is 0 Å². The predicted octanol–water partition coefficient (Wildman–Crippen LogP) is 0.142. The van der Waals surface area contributed by atoms with Gasteiger partial charge in [0.2, 0.25) is 0 Å². The van der Waals surface area contributed by atoms with Gasteiger partial charge < -0.3 is 4.74 Å². The van der Waals surface area contributed by atoms with Crippen molar-refractivity contribution in [1.82, 2.24) is 0 Å². The van der Waals surface area contributed by atoms with E-state index in [4.69, 9.17) is 0 Å². The summed E-state index contributed by atoms with van der Waals surface area (Å²) in [7, 11) is 0. The summed E-state index contributed by atoms with van der Waals surface area (Å²) in [6, 6.07) is 0. The maximum atomic E-state index is 10.4. The fourth-order valence-electron chi connectivity index (χ4n) is 0.305. The average Bonchev–Trinajstić information content (AvgIpc) is 1.85. The molecule has 0 heterocycles. The molecule has 0 aliphatic rings. The fourth-order valence-corrected chi connectivity index (χ4v) is 0.305. The van der Waals surface area contributed by atoms with Crippen LogP contribution in [0.15, 0.2) is 0 Å². The Kier molecular flexibility index (Phi) is 3.97. The zero-order valence-corrected chi connectivity index (χ0v) is 5.93. The second kappa shape index (κ2) is 4.57. The molecule has 0 bridgehead atoms. The van der Waals surface area contributed by atoms with E-state index in [0.29, 0.717) is 0 Å². The molecule has 0 fully saturated rings. The van der Waals surface area contributed by atoms with Crippen LogP contribution in [0.25, 0.3) is 0 Å². The first-order valence-electron chi connectivity index (χ1n) is 2.75. The van der Waals surface area contributed by atoms with E-state index in [1.165, 1.54) is 13.8 Å². The van der Waals surface area contributed by atoms with Gasteiger partial charge in [-0.1, -0.05) is 5.92 Å². The summed E-state index contributed by atoms with van der Waals surface area (Å²) in [5, 5.41) is 0. The Hall–Kier alpha value is -1.30. The molecule has 0 atom stereocenters. The molecule has 0 rings (SSSR count). The van der Waals surface area contributed by atoms with Gasteiger partial charge in [0.25, 0.3) is 0 Å². The molecular formula is C7H8O3. The molecule has 3 nitrogen and oxygen atoms in total. The standard InChI is InChI=1S/C7H8O3/c1-3-4-7(9)10-5-6(2)8/h5H2,1-2H3. The highest BCUT2D eigenvalue weighted by Gasteiger charge is 1.97. The predicted molar refractivity (Wildman–Crippen MR) is 35.1 cm³/mol. The van der Waals surface area contributed by atoms with Crippen LogP contribution in [-0.2, 0) is 14.3 Å². The zero-order chi connectivity index (χ0) is 7.98. The molecule has 0 saturated heterocycles. The van der Waals surface area contributed by atoms with Crippen LogP contribution in [0.1, 0.15) is 13.8 Å². The van der Waals surface area contributed by atoms with Gasteiger partial charge in [0.05, 0.1) is 0 Å².